The Morgan fingerprint density at radius 2 is 1.89 bits per heavy atom. The number of benzene rings is 2. The van der Waals surface area contributed by atoms with Crippen LogP contribution in [-0.4, -0.2) is 52.6 Å². The number of nitrogens with zero attached hydrogens (tertiary/aromatic N) is 5. The molecule has 0 amide bonds. The summed E-state index contributed by atoms with van der Waals surface area (Å²) in [6, 6.07) is 15.3. The van der Waals surface area contributed by atoms with Gasteiger partial charge < -0.3 is 24.8 Å². The van der Waals surface area contributed by atoms with E-state index in [0.717, 1.165) is 11.9 Å². The molecule has 4 aromatic rings. The van der Waals surface area contributed by atoms with Gasteiger partial charge in [-0.15, -0.1) is 0 Å². The Morgan fingerprint density at radius 3 is 2.68 bits per heavy atom. The molecule has 0 aliphatic carbocycles. The maximum atomic E-state index is 14.2. The lowest BCUT2D eigenvalue weighted by atomic mass is 10.2. The third-order valence-electron chi connectivity index (χ3n) is 5.40. The van der Waals surface area contributed by atoms with Crippen LogP contribution in [0.25, 0.3) is 0 Å². The van der Waals surface area contributed by atoms with Gasteiger partial charge in [-0.1, -0.05) is 17.7 Å². The van der Waals surface area contributed by atoms with Crippen LogP contribution in [0.5, 0.6) is 17.2 Å². The van der Waals surface area contributed by atoms with Crippen LogP contribution in [0.2, 0.25) is 5.02 Å². The van der Waals surface area contributed by atoms with E-state index in [4.69, 9.17) is 21.1 Å². The molecule has 12 heteroatoms. The summed E-state index contributed by atoms with van der Waals surface area (Å²) in [4.78, 5) is 14.3. The first-order chi connectivity index (χ1) is 18.5. The molecule has 0 bridgehead atoms. The molecule has 3 N–H and O–H groups in total. The first-order valence-corrected chi connectivity index (χ1v) is 12.0. The fraction of sp³-hybridized carbons (Fsp3) is 0.154. The quantitative estimate of drug-likeness (QED) is 0.207. The highest BCUT2D eigenvalue weighted by Crippen LogP contribution is 2.31. The van der Waals surface area contributed by atoms with Crippen molar-refractivity contribution in [2.24, 2.45) is 5.10 Å². The van der Waals surface area contributed by atoms with Crippen molar-refractivity contribution in [1.82, 2.24) is 15.0 Å². The van der Waals surface area contributed by atoms with Crippen LogP contribution in [0.1, 0.15) is 5.69 Å². The van der Waals surface area contributed by atoms with E-state index in [1.165, 1.54) is 12.3 Å². The second-order valence-electron chi connectivity index (χ2n) is 8.21. The topological polar surface area (TPSA) is 117 Å². The van der Waals surface area contributed by atoms with Crippen LogP contribution >= 0.6 is 11.6 Å². The summed E-state index contributed by atoms with van der Waals surface area (Å²) in [5.74, 6) is 0.992. The zero-order chi connectivity index (χ0) is 26.3. The minimum atomic E-state index is -0.496. The third-order valence-corrected chi connectivity index (χ3v) is 5.62. The van der Waals surface area contributed by atoms with Crippen molar-refractivity contribution < 1.29 is 19.0 Å². The van der Waals surface area contributed by atoms with Gasteiger partial charge in [-0.05, 0) is 36.4 Å². The zero-order valence-corrected chi connectivity index (χ0v) is 20.8. The number of ether oxygens (including phenoxy) is 2. The van der Waals surface area contributed by atoms with E-state index >= 15 is 0 Å². The van der Waals surface area contributed by atoms with Crippen LogP contribution in [-0.2, 0) is 4.74 Å². The molecule has 0 spiro atoms. The molecule has 0 unspecified atom stereocenters. The van der Waals surface area contributed by atoms with Crippen molar-refractivity contribution in [3.63, 3.8) is 0 Å². The number of morpholine rings is 1. The van der Waals surface area contributed by atoms with Gasteiger partial charge in [0.25, 0.3) is 0 Å². The minimum absolute atomic E-state index is 0.107. The van der Waals surface area contributed by atoms with E-state index in [1.54, 1.807) is 48.7 Å². The average Bonchev–Trinajstić information content (AvgIpc) is 2.91. The lowest BCUT2D eigenvalue weighted by Crippen LogP contribution is -2.37. The Balaban J connectivity index is 1.20. The number of rotatable bonds is 8. The average molecular weight is 536 g/mol. The number of aromatic hydroxyl groups is 1. The molecule has 1 saturated heterocycles. The normalized spacial score (nSPS) is 13.5. The second-order valence-corrected chi connectivity index (χ2v) is 8.64. The lowest BCUT2D eigenvalue weighted by molar-refractivity contribution is 0.122. The van der Waals surface area contributed by atoms with Crippen LogP contribution < -0.4 is 20.4 Å². The van der Waals surface area contributed by atoms with E-state index in [1.807, 2.05) is 11.0 Å². The number of anilines is 4. The van der Waals surface area contributed by atoms with Gasteiger partial charge in [-0.25, -0.2) is 14.8 Å². The van der Waals surface area contributed by atoms with Crippen LogP contribution in [0.4, 0.5) is 27.5 Å². The van der Waals surface area contributed by atoms with Gasteiger partial charge in [0.2, 0.25) is 5.95 Å². The SMILES string of the molecule is Oc1cccc(Oc2cc(Cl)cc(Nc3ccc(/C=N/Nc4ncc(F)c(N5CCOCC5)n4)nc3)c2)c1. The monoisotopic (exact) mass is 535 g/mol. The first-order valence-electron chi connectivity index (χ1n) is 11.7. The molecule has 10 nitrogen and oxygen atoms in total. The maximum Gasteiger partial charge on any atom is 0.245 e. The smallest absolute Gasteiger partial charge is 0.245 e. The molecule has 1 aliphatic heterocycles. The van der Waals surface area contributed by atoms with Gasteiger partial charge in [0, 0.05) is 35.9 Å². The Bertz CT molecular complexity index is 1430. The molecule has 1 fully saturated rings. The molecule has 0 radical (unpaired) electrons. The number of hydrogen-bond donors (Lipinski definition) is 3. The highest BCUT2D eigenvalue weighted by molar-refractivity contribution is 6.31. The summed E-state index contributed by atoms with van der Waals surface area (Å²) in [6.45, 7) is 2.16. The number of nitrogens with one attached hydrogen (secondary N) is 2. The zero-order valence-electron chi connectivity index (χ0n) is 20.0. The largest absolute Gasteiger partial charge is 0.508 e. The maximum absolute atomic E-state index is 14.2. The fourth-order valence-corrected chi connectivity index (χ4v) is 3.89. The van der Waals surface area contributed by atoms with Gasteiger partial charge in [0.15, 0.2) is 11.6 Å². The summed E-state index contributed by atoms with van der Waals surface area (Å²) in [6.07, 6.45) is 4.26. The summed E-state index contributed by atoms with van der Waals surface area (Å²) in [5, 5.41) is 17.5. The minimum Gasteiger partial charge on any atom is -0.508 e. The molecule has 1 aliphatic rings. The number of aromatic nitrogens is 3. The van der Waals surface area contributed by atoms with Gasteiger partial charge in [-0.3, -0.25) is 4.98 Å². The van der Waals surface area contributed by atoms with Crippen molar-refractivity contribution in [3.8, 4) is 17.2 Å². The molecule has 2 aromatic carbocycles. The van der Waals surface area contributed by atoms with Crippen molar-refractivity contribution >= 4 is 41.0 Å². The highest BCUT2D eigenvalue weighted by atomic mass is 35.5. The summed E-state index contributed by atoms with van der Waals surface area (Å²) in [7, 11) is 0. The predicted octanol–water partition coefficient (Wildman–Crippen LogP) is 5.19. The summed E-state index contributed by atoms with van der Waals surface area (Å²) in [5.41, 5.74) is 4.71. The van der Waals surface area contributed by atoms with E-state index in [9.17, 15) is 9.50 Å². The number of phenolic OH excluding ortho intramolecular Hbond substituents is 1. The van der Waals surface area contributed by atoms with Crippen molar-refractivity contribution in [3.05, 3.63) is 83.5 Å². The van der Waals surface area contributed by atoms with E-state index in [-0.39, 0.29) is 17.5 Å². The number of hydrogen-bond acceptors (Lipinski definition) is 10. The third kappa shape index (κ3) is 6.64. The van der Waals surface area contributed by atoms with Gasteiger partial charge in [0.05, 0.1) is 43.2 Å². The fourth-order valence-electron chi connectivity index (χ4n) is 3.66. The highest BCUT2D eigenvalue weighted by Gasteiger charge is 2.17. The first kappa shape index (κ1) is 25.2. The lowest BCUT2D eigenvalue weighted by Gasteiger charge is -2.27. The number of halogens is 2. The van der Waals surface area contributed by atoms with Crippen molar-refractivity contribution in [2.75, 3.05) is 41.9 Å². The van der Waals surface area contributed by atoms with E-state index in [2.05, 4.69) is 30.8 Å². The van der Waals surface area contributed by atoms with E-state index < -0.39 is 5.82 Å². The predicted molar refractivity (Wildman–Crippen MR) is 143 cm³/mol. The van der Waals surface area contributed by atoms with Crippen molar-refractivity contribution in [1.29, 1.82) is 0 Å². The Hall–Kier alpha value is -4.48. The molecule has 5 rings (SSSR count). The molecular formula is C26H23ClFN7O3. The molecule has 38 heavy (non-hydrogen) atoms. The van der Waals surface area contributed by atoms with Crippen LogP contribution in [0.15, 0.2) is 72.1 Å². The second kappa shape index (κ2) is 11.7. The Labute approximate surface area is 222 Å². The van der Waals surface area contributed by atoms with Gasteiger partial charge in [-0.2, -0.15) is 10.1 Å². The Morgan fingerprint density at radius 1 is 1.03 bits per heavy atom. The molecule has 2 aromatic heterocycles. The van der Waals surface area contributed by atoms with Gasteiger partial charge in [0.1, 0.15) is 17.2 Å². The molecule has 0 saturated carbocycles. The molecule has 194 valence electrons. The van der Waals surface area contributed by atoms with Crippen LogP contribution in [0, 0.1) is 5.82 Å². The number of hydrazone groups is 1. The Kier molecular flexibility index (Phi) is 7.76. The summed E-state index contributed by atoms with van der Waals surface area (Å²) >= 11 is 6.26. The standard InChI is InChI=1S/C26H23ClFN7O3/c27-17-10-20(12-23(11-17)38-22-3-1-2-21(36)13-22)32-19-5-4-18(29-14-19)15-31-34-26-30-16-24(28)25(33-26)35-6-8-37-9-7-35/h1-5,10-16,32,36H,6-9H2,(H,30,33,34)/b31-15+. The number of phenols is 1. The van der Waals surface area contributed by atoms with E-state index in [0.29, 0.717) is 54.2 Å². The van der Waals surface area contributed by atoms with Crippen LogP contribution in [0.3, 0.4) is 0 Å². The molecule has 0 atom stereocenters. The van der Waals surface area contributed by atoms with Crippen molar-refractivity contribution in [2.45, 2.75) is 0 Å². The van der Waals surface area contributed by atoms with Gasteiger partial charge >= 0.3 is 0 Å². The summed E-state index contributed by atoms with van der Waals surface area (Å²) < 4.78 is 25.3. The molecular weight excluding hydrogens is 513 g/mol. The molecule has 3 heterocycles. The number of pyridine rings is 1.